The molecule has 0 radical (unpaired) electrons. The van der Waals surface area contributed by atoms with Crippen LogP contribution in [-0.2, 0) is 10.8 Å². The number of rotatable bonds is 10. The van der Waals surface area contributed by atoms with Crippen LogP contribution in [0.25, 0.3) is 61.2 Å². The molecule has 11 aromatic rings. The molecule has 0 unspecified atom stereocenters. The highest BCUT2D eigenvalue weighted by atomic mass is 15.2. The van der Waals surface area contributed by atoms with Crippen LogP contribution in [0.5, 0.6) is 0 Å². The molecule has 0 amide bonds. The van der Waals surface area contributed by atoms with Crippen LogP contribution >= 0.6 is 0 Å². The van der Waals surface area contributed by atoms with Gasteiger partial charge >= 0.3 is 0 Å². The fourth-order valence-corrected chi connectivity index (χ4v) is 14.2. The van der Waals surface area contributed by atoms with E-state index in [1.165, 1.54) is 100.0 Å². The molecular weight excluding hydrogens is 1110 g/mol. The Balaban J connectivity index is 1.15. The average Bonchev–Trinajstić information content (AvgIpc) is 1.17. The van der Waals surface area contributed by atoms with Gasteiger partial charge in [-0.1, -0.05) is 284 Å². The van der Waals surface area contributed by atoms with E-state index in [9.17, 15) is 0 Å². The number of hydrogen-bond acceptors (Lipinski definition) is 3. The number of benzene rings is 11. The van der Waals surface area contributed by atoms with Crippen molar-refractivity contribution in [3.63, 3.8) is 0 Å². The molecule has 4 heteroatoms. The minimum Gasteiger partial charge on any atom is -0.311 e. The monoisotopic (exact) mass is 1190 g/mol. The number of hydrogen-bond donors (Lipinski definition) is 0. The van der Waals surface area contributed by atoms with Crippen molar-refractivity contribution >= 4 is 79.9 Å². The summed E-state index contributed by atoms with van der Waals surface area (Å²) in [4.78, 5) is 7.75. The van der Waals surface area contributed by atoms with Crippen LogP contribution in [-0.4, -0.2) is 6.71 Å². The summed E-state index contributed by atoms with van der Waals surface area (Å²) in [5.41, 5.74) is 31.5. The molecule has 3 aliphatic heterocycles. The predicted molar refractivity (Wildman–Crippen MR) is 398 cm³/mol. The maximum atomic E-state index is 4.38. The van der Waals surface area contributed by atoms with Gasteiger partial charge in [0, 0.05) is 50.9 Å². The predicted octanol–water partition coefficient (Wildman–Crippen LogP) is 23.1. The van der Waals surface area contributed by atoms with Crippen molar-refractivity contribution in [2.45, 2.75) is 93.9 Å². The van der Waals surface area contributed by atoms with Crippen LogP contribution in [0.4, 0.5) is 51.2 Å². The first-order valence-electron chi connectivity index (χ1n) is 32.8. The highest BCUT2D eigenvalue weighted by Crippen LogP contribution is 2.56. The van der Waals surface area contributed by atoms with Crippen LogP contribution < -0.4 is 31.1 Å². The fourth-order valence-electron chi connectivity index (χ4n) is 14.2. The Labute approximate surface area is 547 Å². The third-order valence-corrected chi connectivity index (χ3v) is 18.8. The van der Waals surface area contributed by atoms with E-state index in [2.05, 4.69) is 365 Å². The highest BCUT2D eigenvalue weighted by Gasteiger charge is 2.47. The second-order valence-electron chi connectivity index (χ2n) is 29.6. The van der Waals surface area contributed by atoms with Crippen LogP contribution in [0.2, 0.25) is 0 Å². The summed E-state index contributed by atoms with van der Waals surface area (Å²) in [7, 11) is 0. The van der Waals surface area contributed by atoms with Crippen molar-refractivity contribution in [3.05, 3.63) is 296 Å². The summed E-state index contributed by atoms with van der Waals surface area (Å²) >= 11 is 0. The van der Waals surface area contributed by atoms with Gasteiger partial charge < -0.3 is 14.7 Å². The second kappa shape index (κ2) is 22.8. The van der Waals surface area contributed by atoms with Crippen molar-refractivity contribution in [2.75, 3.05) is 14.7 Å². The normalized spacial score (nSPS) is 13.5. The molecule has 0 N–H and O–H groups in total. The Morgan fingerprint density at radius 3 is 1.49 bits per heavy atom. The Hall–Kier alpha value is -9.90. The molecule has 3 aliphatic rings. The van der Waals surface area contributed by atoms with Gasteiger partial charge in [0.25, 0.3) is 6.71 Å². The first kappa shape index (κ1) is 59.7. The molecule has 0 fully saturated rings. The topological polar surface area (TPSA) is 9.72 Å². The van der Waals surface area contributed by atoms with E-state index >= 15 is 0 Å². The summed E-state index contributed by atoms with van der Waals surface area (Å²) in [5, 5.41) is 0. The number of anilines is 9. The molecule has 0 aromatic heterocycles. The van der Waals surface area contributed by atoms with Gasteiger partial charge in [0.05, 0.1) is 11.4 Å². The second-order valence-corrected chi connectivity index (χ2v) is 29.6. The lowest BCUT2D eigenvalue weighted by Gasteiger charge is -2.45. The van der Waals surface area contributed by atoms with Crippen molar-refractivity contribution in [2.24, 2.45) is 10.8 Å². The quantitative estimate of drug-likeness (QED) is 0.0998. The molecule has 0 atom stereocenters. The average molecular weight is 1190 g/mol. The number of allylic oxidation sites excluding steroid dienone is 5. The summed E-state index contributed by atoms with van der Waals surface area (Å²) in [6.45, 7) is 32.0. The summed E-state index contributed by atoms with van der Waals surface area (Å²) in [6, 6.07) is 94.2. The van der Waals surface area contributed by atoms with Crippen LogP contribution in [0.1, 0.15) is 99.8 Å². The zero-order valence-corrected chi connectivity index (χ0v) is 55.5. The standard InChI is InChI=1S/C88H82BN3/c1-14-66(86(5,6)7)48-65(57-85(2,3)4)60-34-29-39-71(49-60)91-80-53-62(63-46-67(87(8,9)10)54-68(47-63)88(11,12)13)42-44-77(80)89-78-52-64(59-32-21-16-22-33-59)51-76-74-41-28-27-40-73(74)75-50-61(58-30-19-15-20-31-58)43-45-79(75)92(84(76)78)82-56-72(55-81(91)83(82)89)90(69-35-23-17-24-36-69)70-37-25-18-26-38-70/h14-57H,1H2,2-13H3/b65-57+,66-48+. The smallest absolute Gasteiger partial charge is 0.252 e. The van der Waals surface area contributed by atoms with Crippen molar-refractivity contribution in [1.82, 2.24) is 0 Å². The lowest BCUT2D eigenvalue weighted by Crippen LogP contribution is -2.61. The van der Waals surface area contributed by atoms with E-state index in [0.717, 1.165) is 51.1 Å². The zero-order valence-electron chi connectivity index (χ0n) is 55.5. The van der Waals surface area contributed by atoms with Crippen LogP contribution in [0.3, 0.4) is 0 Å². The van der Waals surface area contributed by atoms with Gasteiger partial charge in [0.1, 0.15) is 0 Å². The Morgan fingerprint density at radius 2 is 0.913 bits per heavy atom. The maximum absolute atomic E-state index is 4.38. The summed E-state index contributed by atoms with van der Waals surface area (Å²) in [6.07, 6.45) is 6.85. The van der Waals surface area contributed by atoms with Gasteiger partial charge in [-0.05, 0) is 183 Å². The van der Waals surface area contributed by atoms with E-state index in [4.69, 9.17) is 0 Å². The molecular formula is C88H82BN3. The van der Waals surface area contributed by atoms with E-state index in [1.807, 2.05) is 6.08 Å². The molecule has 3 nitrogen and oxygen atoms in total. The first-order chi connectivity index (χ1) is 44.1. The van der Waals surface area contributed by atoms with E-state index in [1.54, 1.807) is 0 Å². The SMILES string of the molecule is C=C/C(=C\C(=C/C(C)(C)C)c1cccc(N2c3cc(-c4cc(C(C)(C)C)cc(C(C)(C)C)c4)ccc3B3c4cc(-c5ccccc5)cc5c4N(c4ccc(-c6ccccc6)cc4-c4ccccc4-5)c4cc(N(c5ccccc5)c5ccccc5)cc2c43)c1)C(C)(C)C. The Kier molecular flexibility index (Phi) is 14.8. The third-order valence-electron chi connectivity index (χ3n) is 18.8. The van der Waals surface area contributed by atoms with Gasteiger partial charge in [0.2, 0.25) is 0 Å². The molecule has 3 heterocycles. The van der Waals surface area contributed by atoms with Gasteiger partial charge in [-0.15, -0.1) is 0 Å². The maximum Gasteiger partial charge on any atom is 0.252 e. The minimum atomic E-state index is -0.197. The lowest BCUT2D eigenvalue weighted by atomic mass is 9.33. The lowest BCUT2D eigenvalue weighted by molar-refractivity contribution is 0.517. The van der Waals surface area contributed by atoms with Gasteiger partial charge in [0.15, 0.2) is 0 Å². The van der Waals surface area contributed by atoms with Crippen molar-refractivity contribution in [1.29, 1.82) is 0 Å². The molecule has 0 saturated heterocycles. The third kappa shape index (κ3) is 10.9. The van der Waals surface area contributed by atoms with E-state index in [0.29, 0.717) is 0 Å². The van der Waals surface area contributed by atoms with Gasteiger partial charge in [-0.2, -0.15) is 0 Å². The molecule has 0 bridgehead atoms. The Morgan fingerprint density at radius 1 is 0.391 bits per heavy atom. The Bertz CT molecular complexity index is 4660. The van der Waals surface area contributed by atoms with Crippen LogP contribution in [0, 0.1) is 10.8 Å². The number of nitrogens with zero attached hydrogens (tertiary/aromatic N) is 3. The number of fused-ring (bicyclic) bond motifs is 9. The fraction of sp³-hybridized carbons (Fsp3) is 0.182. The molecule has 0 aliphatic carbocycles. The molecule has 14 rings (SSSR count). The first-order valence-corrected chi connectivity index (χ1v) is 32.8. The zero-order chi connectivity index (χ0) is 64.0. The van der Waals surface area contributed by atoms with Crippen molar-refractivity contribution < 1.29 is 0 Å². The minimum absolute atomic E-state index is 0.0765. The molecule has 0 saturated carbocycles. The molecule has 452 valence electrons. The highest BCUT2D eigenvalue weighted by molar-refractivity contribution is 7.00. The van der Waals surface area contributed by atoms with E-state index < -0.39 is 0 Å². The molecule has 0 spiro atoms. The van der Waals surface area contributed by atoms with Crippen molar-refractivity contribution in [3.8, 4) is 55.6 Å². The van der Waals surface area contributed by atoms with Gasteiger partial charge in [-0.25, -0.2) is 0 Å². The van der Waals surface area contributed by atoms with E-state index in [-0.39, 0.29) is 28.4 Å². The molecule has 11 aromatic carbocycles. The molecule has 92 heavy (non-hydrogen) atoms. The number of para-hydroxylation sites is 2. The van der Waals surface area contributed by atoms with Crippen LogP contribution in [0.15, 0.2) is 279 Å². The summed E-state index contributed by atoms with van der Waals surface area (Å²) in [5.74, 6) is 0. The van der Waals surface area contributed by atoms with Gasteiger partial charge in [-0.3, -0.25) is 0 Å². The summed E-state index contributed by atoms with van der Waals surface area (Å²) < 4.78 is 0. The largest absolute Gasteiger partial charge is 0.311 e.